The van der Waals surface area contributed by atoms with Gasteiger partial charge in [-0.15, -0.1) is 12.4 Å². The van der Waals surface area contributed by atoms with Gasteiger partial charge in [-0.1, -0.05) is 37.2 Å². The zero-order chi connectivity index (χ0) is 13.0. The molecule has 2 rings (SSSR count). The Kier molecular flexibility index (Phi) is 5.99. The van der Waals surface area contributed by atoms with Crippen molar-refractivity contribution in [3.63, 3.8) is 0 Å². The zero-order valence-electron chi connectivity index (χ0n) is 11.5. The van der Waals surface area contributed by atoms with Gasteiger partial charge in [0, 0.05) is 19.0 Å². The zero-order valence-corrected chi connectivity index (χ0v) is 12.3. The highest BCUT2D eigenvalue weighted by Gasteiger charge is 2.06. The Hall–Kier alpha value is -1.39. The van der Waals surface area contributed by atoms with Crippen LogP contribution in [0.3, 0.4) is 0 Å². The van der Waals surface area contributed by atoms with E-state index < -0.39 is 0 Å². The van der Waals surface area contributed by atoms with Crippen LogP contribution < -0.4 is 5.32 Å². The van der Waals surface area contributed by atoms with Crippen LogP contribution in [-0.4, -0.2) is 16.7 Å². The van der Waals surface area contributed by atoms with Crippen LogP contribution in [0.25, 0.3) is 11.4 Å². The molecule has 4 nitrogen and oxygen atoms in total. The van der Waals surface area contributed by atoms with E-state index in [0.29, 0.717) is 17.6 Å². The first-order valence-electron chi connectivity index (χ1n) is 6.25. The number of halogens is 1. The average molecular weight is 282 g/mol. The van der Waals surface area contributed by atoms with Gasteiger partial charge in [-0.3, -0.25) is 0 Å². The van der Waals surface area contributed by atoms with Crippen LogP contribution in [0.1, 0.15) is 25.3 Å². The number of hydrogen-bond acceptors (Lipinski definition) is 4. The van der Waals surface area contributed by atoms with Crippen LogP contribution in [0.2, 0.25) is 0 Å². The normalized spacial score (nSPS) is 10.5. The summed E-state index contributed by atoms with van der Waals surface area (Å²) in [4.78, 5) is 4.23. The molecule has 5 heteroatoms. The topological polar surface area (TPSA) is 51.0 Å². The van der Waals surface area contributed by atoms with Crippen molar-refractivity contribution in [2.24, 2.45) is 5.92 Å². The maximum atomic E-state index is 4.99. The third-order valence-electron chi connectivity index (χ3n) is 2.59. The summed E-state index contributed by atoms with van der Waals surface area (Å²) in [6, 6.07) is 8.21. The van der Waals surface area contributed by atoms with Crippen molar-refractivity contribution in [3.05, 3.63) is 35.7 Å². The predicted molar refractivity (Wildman–Crippen MR) is 78.3 cm³/mol. The van der Waals surface area contributed by atoms with E-state index in [0.717, 1.165) is 18.7 Å². The van der Waals surface area contributed by atoms with Crippen molar-refractivity contribution in [1.82, 2.24) is 15.5 Å². The second-order valence-electron chi connectivity index (χ2n) is 4.86. The Morgan fingerprint density at radius 2 is 2.11 bits per heavy atom. The van der Waals surface area contributed by atoms with Crippen LogP contribution in [-0.2, 0) is 6.54 Å². The molecule has 19 heavy (non-hydrogen) atoms. The van der Waals surface area contributed by atoms with Gasteiger partial charge in [-0.2, -0.15) is 4.98 Å². The first-order valence-corrected chi connectivity index (χ1v) is 6.25. The third-order valence-corrected chi connectivity index (χ3v) is 2.59. The summed E-state index contributed by atoms with van der Waals surface area (Å²) in [5, 5.41) is 7.35. The molecule has 0 saturated heterocycles. The minimum absolute atomic E-state index is 0. The van der Waals surface area contributed by atoms with Gasteiger partial charge in [-0.05, 0) is 24.1 Å². The Morgan fingerprint density at radius 3 is 2.74 bits per heavy atom. The fourth-order valence-electron chi connectivity index (χ4n) is 1.74. The molecule has 0 aliphatic rings. The smallest absolute Gasteiger partial charge is 0.223 e. The Labute approximate surface area is 120 Å². The van der Waals surface area contributed by atoms with E-state index in [9.17, 15) is 0 Å². The number of aromatic nitrogens is 2. The largest absolute Gasteiger partial charge is 0.339 e. The van der Waals surface area contributed by atoms with Crippen LogP contribution in [0.15, 0.2) is 28.8 Å². The van der Waals surface area contributed by atoms with Gasteiger partial charge in [0.05, 0.1) is 0 Å². The average Bonchev–Trinajstić information content (AvgIpc) is 2.76. The molecule has 1 aromatic heterocycles. The molecule has 2 aromatic rings. The SMILES string of the molecule is Cc1nc(-c2cccc(CNCC(C)C)c2)no1.Cl. The molecule has 0 saturated carbocycles. The molecule has 0 unspecified atom stereocenters. The van der Waals surface area contributed by atoms with Crippen molar-refractivity contribution in [1.29, 1.82) is 0 Å². The molecule has 0 bridgehead atoms. The minimum atomic E-state index is 0. The minimum Gasteiger partial charge on any atom is -0.339 e. The van der Waals surface area contributed by atoms with E-state index in [2.05, 4.69) is 41.4 Å². The fraction of sp³-hybridized carbons (Fsp3) is 0.429. The number of rotatable bonds is 5. The molecule has 0 aliphatic carbocycles. The molecule has 1 N–H and O–H groups in total. The number of aryl methyl sites for hydroxylation is 1. The number of hydrogen-bond donors (Lipinski definition) is 1. The first-order chi connectivity index (χ1) is 8.65. The van der Waals surface area contributed by atoms with Crippen LogP contribution in [0.5, 0.6) is 0 Å². The Bertz CT molecular complexity index is 511. The maximum absolute atomic E-state index is 4.99. The lowest BCUT2D eigenvalue weighted by atomic mass is 10.1. The van der Waals surface area contributed by atoms with Gasteiger partial charge in [0.1, 0.15) is 0 Å². The molecular formula is C14H20ClN3O. The summed E-state index contributed by atoms with van der Waals surface area (Å²) in [6.45, 7) is 8.08. The summed E-state index contributed by atoms with van der Waals surface area (Å²) in [5.41, 5.74) is 2.23. The maximum Gasteiger partial charge on any atom is 0.223 e. The molecule has 104 valence electrons. The molecule has 0 radical (unpaired) electrons. The van der Waals surface area contributed by atoms with Crippen LogP contribution in [0.4, 0.5) is 0 Å². The lowest BCUT2D eigenvalue weighted by molar-refractivity contribution is 0.394. The molecule has 0 amide bonds. The fourth-order valence-corrected chi connectivity index (χ4v) is 1.74. The summed E-state index contributed by atoms with van der Waals surface area (Å²) >= 11 is 0. The Morgan fingerprint density at radius 1 is 1.32 bits per heavy atom. The molecule has 0 fully saturated rings. The van der Waals surface area contributed by atoms with Crippen molar-refractivity contribution >= 4 is 12.4 Å². The second-order valence-corrected chi connectivity index (χ2v) is 4.86. The van der Waals surface area contributed by atoms with E-state index in [1.54, 1.807) is 6.92 Å². The van der Waals surface area contributed by atoms with E-state index in [1.807, 2.05) is 12.1 Å². The highest BCUT2D eigenvalue weighted by Crippen LogP contribution is 2.17. The lowest BCUT2D eigenvalue weighted by Gasteiger charge is -2.07. The molecule has 1 aromatic carbocycles. The second kappa shape index (κ2) is 7.26. The Balaban J connectivity index is 0.00000180. The summed E-state index contributed by atoms with van der Waals surface area (Å²) in [5.74, 6) is 1.90. The van der Waals surface area contributed by atoms with Crippen molar-refractivity contribution in [2.75, 3.05) is 6.54 Å². The number of nitrogens with one attached hydrogen (secondary N) is 1. The predicted octanol–water partition coefficient (Wildman–Crippen LogP) is 3.21. The van der Waals surface area contributed by atoms with E-state index in [1.165, 1.54) is 5.56 Å². The summed E-state index contributed by atoms with van der Waals surface area (Å²) in [6.07, 6.45) is 0. The first kappa shape index (κ1) is 15.7. The van der Waals surface area contributed by atoms with Crippen molar-refractivity contribution in [3.8, 4) is 11.4 Å². The molecule has 1 heterocycles. The van der Waals surface area contributed by atoms with Gasteiger partial charge < -0.3 is 9.84 Å². The molecule has 0 spiro atoms. The van der Waals surface area contributed by atoms with Gasteiger partial charge in [0.25, 0.3) is 0 Å². The third kappa shape index (κ3) is 4.65. The van der Waals surface area contributed by atoms with Crippen LogP contribution >= 0.6 is 12.4 Å². The van der Waals surface area contributed by atoms with Gasteiger partial charge >= 0.3 is 0 Å². The standard InChI is InChI=1S/C14H19N3O.ClH/c1-10(2)8-15-9-12-5-4-6-13(7-12)14-16-11(3)18-17-14;/h4-7,10,15H,8-9H2,1-3H3;1H. The quantitative estimate of drug-likeness (QED) is 0.914. The van der Waals surface area contributed by atoms with E-state index in [4.69, 9.17) is 4.52 Å². The van der Waals surface area contributed by atoms with Gasteiger partial charge in [-0.25, -0.2) is 0 Å². The van der Waals surface area contributed by atoms with E-state index in [-0.39, 0.29) is 12.4 Å². The van der Waals surface area contributed by atoms with Crippen molar-refractivity contribution < 1.29 is 4.52 Å². The van der Waals surface area contributed by atoms with Gasteiger partial charge in [0.15, 0.2) is 0 Å². The van der Waals surface area contributed by atoms with E-state index >= 15 is 0 Å². The van der Waals surface area contributed by atoms with Crippen LogP contribution in [0, 0.1) is 12.8 Å². The number of benzene rings is 1. The molecule has 0 atom stereocenters. The molecule has 0 aliphatic heterocycles. The lowest BCUT2D eigenvalue weighted by Crippen LogP contribution is -2.18. The summed E-state index contributed by atoms with van der Waals surface area (Å²) in [7, 11) is 0. The molecular weight excluding hydrogens is 262 g/mol. The number of nitrogens with zero attached hydrogens (tertiary/aromatic N) is 2. The van der Waals surface area contributed by atoms with Crippen molar-refractivity contribution in [2.45, 2.75) is 27.3 Å². The monoisotopic (exact) mass is 281 g/mol. The highest BCUT2D eigenvalue weighted by atomic mass is 35.5. The highest BCUT2D eigenvalue weighted by molar-refractivity contribution is 5.85. The van der Waals surface area contributed by atoms with Gasteiger partial charge in [0.2, 0.25) is 11.7 Å². The summed E-state index contributed by atoms with van der Waals surface area (Å²) < 4.78 is 4.99.